The van der Waals surface area contributed by atoms with Gasteiger partial charge in [0.2, 0.25) is 0 Å². The van der Waals surface area contributed by atoms with E-state index in [1.165, 1.54) is 16.7 Å². The molecule has 2 heteroatoms. The predicted octanol–water partition coefficient (Wildman–Crippen LogP) is 5.17. The van der Waals surface area contributed by atoms with Crippen molar-refractivity contribution in [2.75, 3.05) is 0 Å². The smallest absolute Gasteiger partial charge is 0.0406 e. The summed E-state index contributed by atoms with van der Waals surface area (Å²) in [4.78, 5) is 0. The van der Waals surface area contributed by atoms with Crippen LogP contribution < -0.4 is 0 Å². The Kier molecular flexibility index (Phi) is 2.70. The summed E-state index contributed by atoms with van der Waals surface area (Å²) in [6.45, 7) is 0. The standard InChI is InChI=1S/C15H10Cl2/c16-12-5-1-10(2-6-12)14-9-15(14)11-3-7-13(17)8-4-11/h1-9,14H. The molecule has 2 aromatic carbocycles. The Hall–Kier alpha value is -1.24. The van der Waals surface area contributed by atoms with Crippen LogP contribution in [-0.4, -0.2) is 0 Å². The second kappa shape index (κ2) is 4.21. The average Bonchev–Trinajstić information content (AvgIpc) is 3.11. The van der Waals surface area contributed by atoms with Crippen LogP contribution in [0.1, 0.15) is 17.0 Å². The van der Waals surface area contributed by atoms with Gasteiger partial charge in [-0.2, -0.15) is 0 Å². The Bertz CT molecular complexity index is 565. The van der Waals surface area contributed by atoms with Crippen molar-refractivity contribution in [3.8, 4) is 0 Å². The van der Waals surface area contributed by atoms with Crippen LogP contribution in [0.3, 0.4) is 0 Å². The number of hydrogen-bond acceptors (Lipinski definition) is 0. The summed E-state index contributed by atoms with van der Waals surface area (Å²) in [7, 11) is 0. The number of hydrogen-bond donors (Lipinski definition) is 0. The fourth-order valence-corrected chi connectivity index (χ4v) is 2.25. The molecule has 17 heavy (non-hydrogen) atoms. The quantitative estimate of drug-likeness (QED) is 0.699. The van der Waals surface area contributed by atoms with E-state index in [2.05, 4.69) is 30.3 Å². The SMILES string of the molecule is Clc1ccc(C2=CC2c2ccc(Cl)cc2)cc1. The van der Waals surface area contributed by atoms with Gasteiger partial charge in [-0.15, -0.1) is 0 Å². The van der Waals surface area contributed by atoms with Crippen LogP contribution in [0.15, 0.2) is 54.6 Å². The second-order valence-corrected chi connectivity index (χ2v) is 5.03. The first kappa shape index (κ1) is 10.9. The molecule has 0 N–H and O–H groups in total. The van der Waals surface area contributed by atoms with Crippen molar-refractivity contribution in [2.45, 2.75) is 5.92 Å². The summed E-state index contributed by atoms with van der Waals surface area (Å²) in [5, 5.41) is 1.56. The zero-order valence-corrected chi connectivity index (χ0v) is 10.5. The zero-order valence-electron chi connectivity index (χ0n) is 9.03. The van der Waals surface area contributed by atoms with Crippen molar-refractivity contribution in [3.05, 3.63) is 75.8 Å². The minimum Gasteiger partial charge on any atom is -0.0843 e. The zero-order chi connectivity index (χ0) is 11.8. The predicted molar refractivity (Wildman–Crippen MR) is 73.6 cm³/mol. The molecule has 0 saturated heterocycles. The Labute approximate surface area is 110 Å². The fourth-order valence-electron chi connectivity index (χ4n) is 2.00. The lowest BCUT2D eigenvalue weighted by Gasteiger charge is -2.02. The number of halogens is 2. The van der Waals surface area contributed by atoms with Gasteiger partial charge < -0.3 is 0 Å². The van der Waals surface area contributed by atoms with Crippen molar-refractivity contribution in [1.29, 1.82) is 0 Å². The maximum absolute atomic E-state index is 5.88. The third-order valence-electron chi connectivity index (χ3n) is 2.98. The van der Waals surface area contributed by atoms with Crippen molar-refractivity contribution in [3.63, 3.8) is 0 Å². The molecular formula is C15H10Cl2. The molecule has 0 aromatic heterocycles. The highest BCUT2D eigenvalue weighted by molar-refractivity contribution is 6.30. The Morgan fingerprint density at radius 3 is 1.82 bits per heavy atom. The Balaban J connectivity index is 1.80. The fraction of sp³-hybridized carbons (Fsp3) is 0.0667. The monoisotopic (exact) mass is 260 g/mol. The first-order chi connectivity index (χ1) is 8.24. The van der Waals surface area contributed by atoms with Gasteiger partial charge in [0.15, 0.2) is 0 Å². The summed E-state index contributed by atoms with van der Waals surface area (Å²) in [5.74, 6) is 0.438. The third-order valence-corrected chi connectivity index (χ3v) is 3.48. The normalized spacial score (nSPS) is 17.8. The lowest BCUT2D eigenvalue weighted by atomic mass is 10.0. The summed E-state index contributed by atoms with van der Waals surface area (Å²) < 4.78 is 0. The molecule has 84 valence electrons. The molecule has 1 aliphatic carbocycles. The number of allylic oxidation sites excluding steroid dienone is 2. The first-order valence-electron chi connectivity index (χ1n) is 5.47. The van der Waals surface area contributed by atoms with Crippen LogP contribution in [0.5, 0.6) is 0 Å². The van der Waals surface area contributed by atoms with Crippen LogP contribution in [0, 0.1) is 0 Å². The first-order valence-corrected chi connectivity index (χ1v) is 6.23. The van der Waals surface area contributed by atoms with Crippen LogP contribution in [-0.2, 0) is 0 Å². The van der Waals surface area contributed by atoms with Gasteiger partial charge in [-0.05, 0) is 41.0 Å². The van der Waals surface area contributed by atoms with E-state index in [1.54, 1.807) is 0 Å². The van der Waals surface area contributed by atoms with Crippen molar-refractivity contribution in [2.24, 2.45) is 0 Å². The van der Waals surface area contributed by atoms with E-state index in [1.807, 2.05) is 24.3 Å². The molecule has 0 aliphatic heterocycles. The van der Waals surface area contributed by atoms with E-state index in [0.717, 1.165) is 10.0 Å². The van der Waals surface area contributed by atoms with Gasteiger partial charge in [-0.1, -0.05) is 53.5 Å². The molecule has 0 heterocycles. The maximum atomic E-state index is 5.88. The lowest BCUT2D eigenvalue weighted by molar-refractivity contribution is 1.24. The van der Waals surface area contributed by atoms with Gasteiger partial charge >= 0.3 is 0 Å². The van der Waals surface area contributed by atoms with Crippen molar-refractivity contribution < 1.29 is 0 Å². The Morgan fingerprint density at radius 2 is 1.24 bits per heavy atom. The van der Waals surface area contributed by atoms with Gasteiger partial charge in [0.25, 0.3) is 0 Å². The van der Waals surface area contributed by atoms with Crippen LogP contribution in [0.4, 0.5) is 0 Å². The molecule has 0 nitrogen and oxygen atoms in total. The molecule has 2 aromatic rings. The molecule has 1 atom stereocenters. The molecule has 1 unspecified atom stereocenters. The van der Waals surface area contributed by atoms with Gasteiger partial charge in [-0.25, -0.2) is 0 Å². The minimum absolute atomic E-state index is 0.438. The molecule has 0 amide bonds. The Morgan fingerprint density at radius 1 is 0.706 bits per heavy atom. The largest absolute Gasteiger partial charge is 0.0843 e. The number of benzene rings is 2. The summed E-state index contributed by atoms with van der Waals surface area (Å²) in [6, 6.07) is 16.0. The van der Waals surface area contributed by atoms with E-state index < -0.39 is 0 Å². The van der Waals surface area contributed by atoms with Gasteiger partial charge in [0.05, 0.1) is 0 Å². The summed E-state index contributed by atoms with van der Waals surface area (Å²) in [6.07, 6.45) is 2.26. The van der Waals surface area contributed by atoms with E-state index in [0.29, 0.717) is 5.92 Å². The van der Waals surface area contributed by atoms with Crippen LogP contribution in [0.25, 0.3) is 5.57 Å². The average molecular weight is 261 g/mol. The van der Waals surface area contributed by atoms with E-state index in [9.17, 15) is 0 Å². The van der Waals surface area contributed by atoms with E-state index in [4.69, 9.17) is 23.2 Å². The molecule has 0 radical (unpaired) electrons. The van der Waals surface area contributed by atoms with Crippen molar-refractivity contribution >= 4 is 28.8 Å². The topological polar surface area (TPSA) is 0 Å². The number of rotatable bonds is 2. The highest BCUT2D eigenvalue weighted by Crippen LogP contribution is 2.46. The molecule has 3 rings (SSSR count). The highest BCUT2D eigenvalue weighted by atomic mass is 35.5. The maximum Gasteiger partial charge on any atom is 0.0406 e. The van der Waals surface area contributed by atoms with E-state index >= 15 is 0 Å². The van der Waals surface area contributed by atoms with Crippen LogP contribution in [0.2, 0.25) is 10.0 Å². The molecule has 0 saturated carbocycles. The van der Waals surface area contributed by atoms with Gasteiger partial charge in [-0.3, -0.25) is 0 Å². The van der Waals surface area contributed by atoms with Gasteiger partial charge in [0.1, 0.15) is 0 Å². The van der Waals surface area contributed by atoms with Crippen molar-refractivity contribution in [1.82, 2.24) is 0 Å². The molecule has 0 fully saturated rings. The van der Waals surface area contributed by atoms with Crippen LogP contribution >= 0.6 is 23.2 Å². The molecule has 1 aliphatic rings. The van der Waals surface area contributed by atoms with Gasteiger partial charge in [0, 0.05) is 16.0 Å². The van der Waals surface area contributed by atoms with E-state index in [-0.39, 0.29) is 0 Å². The lowest BCUT2D eigenvalue weighted by Crippen LogP contribution is -1.83. The second-order valence-electron chi connectivity index (χ2n) is 4.16. The molecule has 0 spiro atoms. The minimum atomic E-state index is 0.438. The molecule has 0 bridgehead atoms. The summed E-state index contributed by atoms with van der Waals surface area (Å²) >= 11 is 11.7. The molecular weight excluding hydrogens is 251 g/mol. The third kappa shape index (κ3) is 2.24. The summed E-state index contributed by atoms with van der Waals surface area (Å²) in [5.41, 5.74) is 3.90. The highest BCUT2D eigenvalue weighted by Gasteiger charge is 2.27.